The molecule has 6 nitrogen and oxygen atoms in total. The van der Waals surface area contributed by atoms with Gasteiger partial charge in [0.1, 0.15) is 6.26 Å². The normalized spacial score (nSPS) is 11.8. The molecule has 0 bridgehead atoms. The van der Waals surface area contributed by atoms with E-state index in [2.05, 4.69) is 19.7 Å². The van der Waals surface area contributed by atoms with E-state index in [1.165, 1.54) is 6.26 Å². The largest absolute Gasteiger partial charge is 0.364 e. The summed E-state index contributed by atoms with van der Waals surface area (Å²) >= 11 is 0. The van der Waals surface area contributed by atoms with Crippen molar-refractivity contribution in [3.63, 3.8) is 0 Å². The van der Waals surface area contributed by atoms with Gasteiger partial charge < -0.3 is 9.84 Å². The first kappa shape index (κ1) is 12.2. The number of nitrogens with zero attached hydrogens (tertiary/aromatic N) is 1. The monoisotopic (exact) mass is 233 g/mol. The van der Waals surface area contributed by atoms with Crippen LogP contribution in [-0.4, -0.2) is 32.9 Å². The highest BCUT2D eigenvalue weighted by Crippen LogP contribution is 1.96. The van der Waals surface area contributed by atoms with Gasteiger partial charge in [-0.2, -0.15) is 0 Å². The summed E-state index contributed by atoms with van der Waals surface area (Å²) in [4.78, 5) is 0. The summed E-state index contributed by atoms with van der Waals surface area (Å²) in [5.41, 5.74) is 0.576. The molecular weight excluding hydrogens is 218 g/mol. The van der Waals surface area contributed by atoms with Crippen molar-refractivity contribution >= 4 is 10.0 Å². The second-order valence-corrected chi connectivity index (χ2v) is 5.01. The second kappa shape index (κ2) is 5.84. The molecule has 1 heterocycles. The molecule has 0 unspecified atom stereocenters. The van der Waals surface area contributed by atoms with E-state index in [0.717, 1.165) is 0 Å². The Hall–Kier alpha value is -0.920. The van der Waals surface area contributed by atoms with Crippen LogP contribution in [0.3, 0.4) is 0 Å². The van der Waals surface area contributed by atoms with Crippen molar-refractivity contribution in [3.05, 3.63) is 18.0 Å². The molecule has 0 aliphatic rings. The van der Waals surface area contributed by atoms with Gasteiger partial charge in [-0.1, -0.05) is 5.16 Å². The molecule has 0 fully saturated rings. The highest BCUT2D eigenvalue weighted by Gasteiger charge is 2.09. The fraction of sp³-hybridized carbons (Fsp3) is 0.625. The summed E-state index contributed by atoms with van der Waals surface area (Å²) in [6.45, 7) is 0.864. The van der Waals surface area contributed by atoms with Gasteiger partial charge in [0.05, 0.1) is 18.0 Å². The van der Waals surface area contributed by atoms with Crippen molar-refractivity contribution < 1.29 is 12.9 Å². The van der Waals surface area contributed by atoms with Crippen LogP contribution in [0.2, 0.25) is 0 Å². The van der Waals surface area contributed by atoms with Crippen LogP contribution < -0.4 is 10.0 Å². The van der Waals surface area contributed by atoms with Crippen molar-refractivity contribution in [2.75, 3.05) is 19.3 Å². The Morgan fingerprint density at radius 3 is 2.93 bits per heavy atom. The summed E-state index contributed by atoms with van der Waals surface area (Å²) in [6.07, 6.45) is 2.00. The Morgan fingerprint density at radius 2 is 2.33 bits per heavy atom. The molecule has 0 radical (unpaired) electrons. The standard InChI is InChI=1S/C8H15N3O3S/c1-9-4-2-6-15(12,13)10-7-8-3-5-14-11-8/h3,5,9-10H,2,4,6-7H2,1H3. The molecule has 0 amide bonds. The zero-order valence-electron chi connectivity index (χ0n) is 8.56. The fourth-order valence-corrected chi connectivity index (χ4v) is 2.06. The number of aromatic nitrogens is 1. The number of nitrogens with one attached hydrogen (secondary N) is 2. The van der Waals surface area contributed by atoms with Gasteiger partial charge in [0.2, 0.25) is 10.0 Å². The zero-order valence-corrected chi connectivity index (χ0v) is 9.38. The molecule has 0 aromatic carbocycles. The predicted molar refractivity (Wildman–Crippen MR) is 55.7 cm³/mol. The van der Waals surface area contributed by atoms with Crippen LogP contribution in [0, 0.1) is 0 Å². The van der Waals surface area contributed by atoms with E-state index in [4.69, 9.17) is 0 Å². The van der Waals surface area contributed by atoms with E-state index < -0.39 is 10.0 Å². The SMILES string of the molecule is CNCCCS(=O)(=O)NCc1ccon1. The van der Waals surface area contributed by atoms with Crippen molar-refractivity contribution in [1.82, 2.24) is 15.2 Å². The fourth-order valence-electron chi connectivity index (χ4n) is 1.02. The van der Waals surface area contributed by atoms with E-state index in [1.807, 2.05) is 0 Å². The zero-order chi connectivity index (χ0) is 11.1. The van der Waals surface area contributed by atoms with Crippen LogP contribution in [0.15, 0.2) is 16.9 Å². The quantitative estimate of drug-likeness (QED) is 0.632. The number of hydrogen-bond acceptors (Lipinski definition) is 5. The molecule has 1 rings (SSSR count). The lowest BCUT2D eigenvalue weighted by Crippen LogP contribution is -2.27. The smallest absolute Gasteiger partial charge is 0.212 e. The Labute approximate surface area is 89.1 Å². The summed E-state index contributed by atoms with van der Waals surface area (Å²) in [7, 11) is -1.41. The van der Waals surface area contributed by atoms with Gasteiger partial charge in [0.15, 0.2) is 0 Å². The molecular formula is C8H15N3O3S. The molecule has 0 saturated carbocycles. The highest BCUT2D eigenvalue weighted by atomic mass is 32.2. The summed E-state index contributed by atoms with van der Waals surface area (Å²) in [5, 5.41) is 6.49. The predicted octanol–water partition coefficient (Wildman–Crippen LogP) is -0.296. The van der Waals surface area contributed by atoms with Crippen molar-refractivity contribution in [2.24, 2.45) is 0 Å². The van der Waals surface area contributed by atoms with Gasteiger partial charge in [-0.15, -0.1) is 0 Å². The van der Waals surface area contributed by atoms with Crippen LogP contribution in [0.1, 0.15) is 12.1 Å². The number of rotatable bonds is 7. The first-order chi connectivity index (χ1) is 7.14. The van der Waals surface area contributed by atoms with Crippen LogP contribution in [0.5, 0.6) is 0 Å². The van der Waals surface area contributed by atoms with Gasteiger partial charge in [-0.25, -0.2) is 13.1 Å². The maximum atomic E-state index is 11.4. The van der Waals surface area contributed by atoms with Crippen molar-refractivity contribution in [1.29, 1.82) is 0 Å². The van der Waals surface area contributed by atoms with Gasteiger partial charge in [-0.3, -0.25) is 0 Å². The Morgan fingerprint density at radius 1 is 1.53 bits per heavy atom. The third kappa shape index (κ3) is 4.91. The first-order valence-electron chi connectivity index (χ1n) is 4.65. The Kier molecular flexibility index (Phi) is 4.73. The van der Waals surface area contributed by atoms with Crippen molar-refractivity contribution in [3.8, 4) is 0 Å². The minimum atomic E-state index is -3.20. The van der Waals surface area contributed by atoms with Crippen LogP contribution in [0.4, 0.5) is 0 Å². The van der Waals surface area contributed by atoms with Gasteiger partial charge in [0.25, 0.3) is 0 Å². The lowest BCUT2D eigenvalue weighted by Gasteiger charge is -2.04. The maximum absolute atomic E-state index is 11.4. The average Bonchev–Trinajstić information content (AvgIpc) is 2.68. The molecule has 2 N–H and O–H groups in total. The molecule has 15 heavy (non-hydrogen) atoms. The van der Waals surface area contributed by atoms with E-state index in [0.29, 0.717) is 18.7 Å². The Balaban J connectivity index is 2.30. The van der Waals surface area contributed by atoms with E-state index in [-0.39, 0.29) is 12.3 Å². The maximum Gasteiger partial charge on any atom is 0.212 e. The molecule has 1 aromatic heterocycles. The van der Waals surface area contributed by atoms with Gasteiger partial charge in [0, 0.05) is 6.07 Å². The molecule has 0 atom stereocenters. The topological polar surface area (TPSA) is 84.2 Å². The summed E-state index contributed by atoms with van der Waals surface area (Å²) in [5.74, 6) is 0.117. The second-order valence-electron chi connectivity index (χ2n) is 3.09. The van der Waals surface area contributed by atoms with Crippen LogP contribution in [0.25, 0.3) is 0 Å². The molecule has 7 heteroatoms. The van der Waals surface area contributed by atoms with E-state index in [9.17, 15) is 8.42 Å². The van der Waals surface area contributed by atoms with Crippen LogP contribution in [-0.2, 0) is 16.6 Å². The average molecular weight is 233 g/mol. The third-order valence-electron chi connectivity index (χ3n) is 1.80. The molecule has 86 valence electrons. The summed E-state index contributed by atoms with van der Waals surface area (Å²) in [6, 6.07) is 1.62. The minimum absolute atomic E-state index is 0.117. The molecule has 0 aliphatic carbocycles. The van der Waals surface area contributed by atoms with Gasteiger partial charge in [-0.05, 0) is 20.0 Å². The Bertz CT molecular complexity index is 360. The molecule has 0 aliphatic heterocycles. The molecule has 0 spiro atoms. The minimum Gasteiger partial charge on any atom is -0.364 e. The lowest BCUT2D eigenvalue weighted by atomic mass is 10.5. The number of sulfonamides is 1. The van der Waals surface area contributed by atoms with E-state index in [1.54, 1.807) is 13.1 Å². The lowest BCUT2D eigenvalue weighted by molar-refractivity contribution is 0.411. The molecule has 0 saturated heterocycles. The summed E-state index contributed by atoms with van der Waals surface area (Å²) < 4.78 is 29.8. The first-order valence-corrected chi connectivity index (χ1v) is 6.30. The van der Waals surface area contributed by atoms with Crippen molar-refractivity contribution in [2.45, 2.75) is 13.0 Å². The number of hydrogen-bond donors (Lipinski definition) is 2. The van der Waals surface area contributed by atoms with E-state index >= 15 is 0 Å². The van der Waals surface area contributed by atoms with Crippen LogP contribution >= 0.6 is 0 Å². The van der Waals surface area contributed by atoms with Gasteiger partial charge >= 0.3 is 0 Å². The third-order valence-corrected chi connectivity index (χ3v) is 3.21. The highest BCUT2D eigenvalue weighted by molar-refractivity contribution is 7.89. The molecule has 1 aromatic rings.